The van der Waals surface area contributed by atoms with Crippen LogP contribution < -0.4 is 10.6 Å². The highest BCUT2D eigenvalue weighted by Gasteiger charge is 2.23. The maximum absolute atomic E-state index is 5.86. The predicted octanol–water partition coefficient (Wildman–Crippen LogP) is 3.85. The second kappa shape index (κ2) is 6.02. The second-order valence-corrected chi connectivity index (χ2v) is 6.11. The number of anilines is 1. The van der Waals surface area contributed by atoms with Crippen molar-refractivity contribution in [2.24, 2.45) is 5.73 Å². The van der Waals surface area contributed by atoms with Gasteiger partial charge in [-0.25, -0.2) is 0 Å². The molecule has 4 heteroatoms. The Bertz CT molecular complexity index is 441. The Balaban J connectivity index is 2.37. The molecule has 0 unspecified atom stereocenters. The summed E-state index contributed by atoms with van der Waals surface area (Å²) in [6, 6.07) is 6.86. The number of hydrogen-bond donors (Lipinski definition) is 1. The van der Waals surface area contributed by atoms with Crippen molar-refractivity contribution in [3.05, 3.63) is 28.2 Å². The highest BCUT2D eigenvalue weighted by Crippen LogP contribution is 2.31. The van der Waals surface area contributed by atoms with Crippen molar-refractivity contribution in [1.82, 2.24) is 0 Å². The number of halogens is 1. The number of benzene rings is 1. The van der Waals surface area contributed by atoms with E-state index in [1.165, 1.54) is 31.4 Å². The van der Waals surface area contributed by atoms with E-state index in [2.05, 4.69) is 39.9 Å². The van der Waals surface area contributed by atoms with Crippen LogP contribution in [0.15, 0.2) is 22.7 Å². The molecule has 0 spiro atoms. The van der Waals surface area contributed by atoms with Crippen LogP contribution >= 0.6 is 28.1 Å². The summed E-state index contributed by atoms with van der Waals surface area (Å²) in [7, 11) is 0. The first-order valence-electron chi connectivity index (χ1n) is 6.49. The van der Waals surface area contributed by atoms with E-state index < -0.39 is 0 Å². The van der Waals surface area contributed by atoms with Crippen LogP contribution in [-0.4, -0.2) is 17.6 Å². The van der Waals surface area contributed by atoms with E-state index in [-0.39, 0.29) is 0 Å². The van der Waals surface area contributed by atoms with Gasteiger partial charge in [-0.1, -0.05) is 41.0 Å². The summed E-state index contributed by atoms with van der Waals surface area (Å²) < 4.78 is 1.02. The topological polar surface area (TPSA) is 29.3 Å². The Morgan fingerprint density at radius 3 is 2.67 bits per heavy atom. The molecule has 2 nitrogen and oxygen atoms in total. The predicted molar refractivity (Wildman–Crippen MR) is 85.3 cm³/mol. The number of thiocarbonyl (C=S) groups is 1. The Morgan fingerprint density at radius 1 is 1.44 bits per heavy atom. The van der Waals surface area contributed by atoms with Gasteiger partial charge in [0.2, 0.25) is 0 Å². The second-order valence-electron chi connectivity index (χ2n) is 4.75. The molecule has 2 N–H and O–H groups in total. The van der Waals surface area contributed by atoms with Gasteiger partial charge in [0.05, 0.1) is 0 Å². The van der Waals surface area contributed by atoms with Gasteiger partial charge in [0.15, 0.2) is 0 Å². The molecule has 1 aromatic carbocycles. The zero-order chi connectivity index (χ0) is 13.1. The molecule has 0 bridgehead atoms. The molecule has 1 aliphatic rings. The molecule has 2 rings (SSSR count). The van der Waals surface area contributed by atoms with Gasteiger partial charge in [0, 0.05) is 28.3 Å². The van der Waals surface area contributed by atoms with Gasteiger partial charge >= 0.3 is 0 Å². The van der Waals surface area contributed by atoms with Crippen molar-refractivity contribution < 1.29 is 0 Å². The molecule has 0 radical (unpaired) electrons. The van der Waals surface area contributed by atoms with Crippen LogP contribution in [0.1, 0.15) is 38.2 Å². The van der Waals surface area contributed by atoms with Crippen LogP contribution in [0.5, 0.6) is 0 Å². The molecule has 0 aromatic heterocycles. The molecule has 1 fully saturated rings. The SMILES string of the molecule is CCN(c1ccc(Br)cc1C(N)=S)C1CCCC1. The average molecular weight is 327 g/mol. The minimum atomic E-state index is 0.475. The smallest absolute Gasteiger partial charge is 0.106 e. The number of hydrogen-bond acceptors (Lipinski definition) is 2. The number of rotatable bonds is 4. The van der Waals surface area contributed by atoms with E-state index in [0.29, 0.717) is 11.0 Å². The molecule has 18 heavy (non-hydrogen) atoms. The first-order valence-corrected chi connectivity index (χ1v) is 7.69. The van der Waals surface area contributed by atoms with Gasteiger partial charge in [-0.05, 0) is 38.0 Å². The van der Waals surface area contributed by atoms with Gasteiger partial charge < -0.3 is 10.6 Å². The average Bonchev–Trinajstić information content (AvgIpc) is 2.85. The standard InChI is InChI=1S/C14H19BrN2S/c1-2-17(11-5-3-4-6-11)13-8-7-10(15)9-12(13)14(16)18/h7-9,11H,2-6H2,1H3,(H2,16,18). The summed E-state index contributed by atoms with van der Waals surface area (Å²) in [5.41, 5.74) is 8.02. The van der Waals surface area contributed by atoms with Crippen LogP contribution in [0.25, 0.3) is 0 Å². The van der Waals surface area contributed by atoms with Gasteiger partial charge in [-0.15, -0.1) is 0 Å². The van der Waals surface area contributed by atoms with Crippen molar-refractivity contribution in [3.63, 3.8) is 0 Å². The lowest BCUT2D eigenvalue weighted by atomic mass is 10.1. The Labute approximate surface area is 123 Å². The molecule has 0 aliphatic heterocycles. The minimum Gasteiger partial charge on any atom is -0.389 e. The van der Waals surface area contributed by atoms with E-state index in [0.717, 1.165) is 16.6 Å². The van der Waals surface area contributed by atoms with E-state index in [9.17, 15) is 0 Å². The molecule has 1 aromatic rings. The lowest BCUT2D eigenvalue weighted by molar-refractivity contribution is 0.619. The van der Waals surface area contributed by atoms with Crippen LogP contribution in [0.2, 0.25) is 0 Å². The maximum atomic E-state index is 5.86. The van der Waals surface area contributed by atoms with Crippen molar-refractivity contribution in [2.75, 3.05) is 11.4 Å². The summed E-state index contributed by atoms with van der Waals surface area (Å²) in [6.45, 7) is 3.20. The summed E-state index contributed by atoms with van der Waals surface area (Å²) in [5.74, 6) is 0. The van der Waals surface area contributed by atoms with E-state index in [1.807, 2.05) is 6.07 Å². The van der Waals surface area contributed by atoms with Crippen molar-refractivity contribution in [2.45, 2.75) is 38.6 Å². The zero-order valence-corrected chi connectivity index (χ0v) is 13.1. The van der Waals surface area contributed by atoms with Crippen LogP contribution in [0.4, 0.5) is 5.69 Å². The number of nitrogens with two attached hydrogens (primary N) is 1. The third-order valence-electron chi connectivity index (χ3n) is 3.64. The Kier molecular flexibility index (Phi) is 4.62. The van der Waals surface area contributed by atoms with Gasteiger partial charge in [0.25, 0.3) is 0 Å². The summed E-state index contributed by atoms with van der Waals surface area (Å²) in [6.07, 6.45) is 5.22. The molecule has 0 heterocycles. The first kappa shape index (κ1) is 13.8. The summed E-state index contributed by atoms with van der Waals surface area (Å²) in [4.78, 5) is 2.93. The molecule has 98 valence electrons. The fourth-order valence-corrected chi connectivity index (χ4v) is 3.32. The van der Waals surface area contributed by atoms with Crippen LogP contribution in [0.3, 0.4) is 0 Å². The lowest BCUT2D eigenvalue weighted by Crippen LogP contribution is -2.34. The molecule has 1 saturated carbocycles. The van der Waals surface area contributed by atoms with Crippen LogP contribution in [0, 0.1) is 0 Å². The normalized spacial score (nSPS) is 15.9. The summed E-state index contributed by atoms with van der Waals surface area (Å²) >= 11 is 8.67. The van der Waals surface area contributed by atoms with Crippen LogP contribution in [-0.2, 0) is 0 Å². The highest BCUT2D eigenvalue weighted by molar-refractivity contribution is 9.10. The molecule has 0 amide bonds. The quantitative estimate of drug-likeness (QED) is 0.852. The Hall–Kier alpha value is -0.610. The van der Waals surface area contributed by atoms with Crippen molar-refractivity contribution in [3.8, 4) is 0 Å². The molecular formula is C14H19BrN2S. The molecule has 0 saturated heterocycles. The third-order valence-corrected chi connectivity index (χ3v) is 4.35. The van der Waals surface area contributed by atoms with E-state index in [4.69, 9.17) is 18.0 Å². The van der Waals surface area contributed by atoms with Gasteiger partial charge in [-0.2, -0.15) is 0 Å². The zero-order valence-electron chi connectivity index (χ0n) is 10.7. The van der Waals surface area contributed by atoms with Gasteiger partial charge in [-0.3, -0.25) is 0 Å². The highest BCUT2D eigenvalue weighted by atomic mass is 79.9. The molecule has 1 aliphatic carbocycles. The monoisotopic (exact) mass is 326 g/mol. The van der Waals surface area contributed by atoms with E-state index >= 15 is 0 Å². The fraction of sp³-hybridized carbons (Fsp3) is 0.500. The first-order chi connectivity index (χ1) is 8.63. The van der Waals surface area contributed by atoms with Crippen molar-refractivity contribution in [1.29, 1.82) is 0 Å². The molecular weight excluding hydrogens is 308 g/mol. The third kappa shape index (κ3) is 2.86. The summed E-state index contributed by atoms with van der Waals surface area (Å²) in [5, 5.41) is 0. The minimum absolute atomic E-state index is 0.475. The Morgan fingerprint density at radius 2 is 2.11 bits per heavy atom. The maximum Gasteiger partial charge on any atom is 0.106 e. The van der Waals surface area contributed by atoms with Crippen molar-refractivity contribution >= 4 is 38.8 Å². The lowest BCUT2D eigenvalue weighted by Gasteiger charge is -2.31. The fourth-order valence-electron chi connectivity index (χ4n) is 2.80. The number of nitrogens with zero attached hydrogens (tertiary/aromatic N) is 1. The molecule has 0 atom stereocenters. The van der Waals surface area contributed by atoms with E-state index in [1.54, 1.807) is 0 Å². The van der Waals surface area contributed by atoms with Gasteiger partial charge in [0.1, 0.15) is 4.99 Å². The largest absolute Gasteiger partial charge is 0.389 e.